The standard InChI is InChI=1S/C27H29F2N5O/c1-33-11-6-19(7-12-33)31-22-15-17(14-20-24(22)32-26(35)27(20)8-2-3-9-27)25-30-10-13-34(25)23-5-4-18(28)16-21(23)29/h4-5,10,13-16,19,31H,2-3,6-9,11-12H2,1H3,(H,32,35). The summed E-state index contributed by atoms with van der Waals surface area (Å²) < 4.78 is 29.9. The van der Waals surface area contributed by atoms with E-state index >= 15 is 0 Å². The van der Waals surface area contributed by atoms with Crippen LogP contribution in [0.25, 0.3) is 17.1 Å². The summed E-state index contributed by atoms with van der Waals surface area (Å²) in [5, 5.41) is 6.90. The highest BCUT2D eigenvalue weighted by Gasteiger charge is 2.49. The molecule has 35 heavy (non-hydrogen) atoms. The van der Waals surface area contributed by atoms with E-state index in [0.717, 1.165) is 80.2 Å². The number of likely N-dealkylation sites (tertiary alicyclic amines) is 1. The Bertz CT molecular complexity index is 1290. The predicted molar refractivity (Wildman–Crippen MR) is 132 cm³/mol. The highest BCUT2D eigenvalue weighted by Crippen LogP contribution is 2.52. The third kappa shape index (κ3) is 3.71. The average molecular weight is 478 g/mol. The molecule has 1 amide bonds. The number of fused-ring (bicyclic) bond motifs is 2. The molecule has 1 spiro atoms. The lowest BCUT2D eigenvalue weighted by molar-refractivity contribution is -0.120. The van der Waals surface area contributed by atoms with E-state index in [2.05, 4.69) is 27.6 Å². The van der Waals surface area contributed by atoms with Crippen LogP contribution in [0.2, 0.25) is 0 Å². The lowest BCUT2D eigenvalue weighted by Gasteiger charge is -2.31. The second-order valence-corrected chi connectivity index (χ2v) is 10.1. The number of hydrogen-bond donors (Lipinski definition) is 2. The van der Waals surface area contributed by atoms with Crippen molar-refractivity contribution < 1.29 is 13.6 Å². The summed E-state index contributed by atoms with van der Waals surface area (Å²) in [4.78, 5) is 20.1. The minimum atomic E-state index is -0.654. The summed E-state index contributed by atoms with van der Waals surface area (Å²) in [7, 11) is 2.13. The van der Waals surface area contributed by atoms with Gasteiger partial charge in [0.25, 0.3) is 0 Å². The summed E-state index contributed by atoms with van der Waals surface area (Å²) in [5.41, 5.74) is 3.27. The molecule has 3 aromatic rings. The number of imidazole rings is 1. The number of aromatic nitrogens is 2. The predicted octanol–water partition coefficient (Wildman–Crippen LogP) is 5.09. The van der Waals surface area contributed by atoms with Crippen LogP contribution in [0.4, 0.5) is 20.2 Å². The van der Waals surface area contributed by atoms with Crippen molar-refractivity contribution in [2.75, 3.05) is 30.8 Å². The van der Waals surface area contributed by atoms with Crippen molar-refractivity contribution in [3.63, 3.8) is 0 Å². The van der Waals surface area contributed by atoms with E-state index < -0.39 is 17.0 Å². The van der Waals surface area contributed by atoms with E-state index in [9.17, 15) is 13.6 Å². The lowest BCUT2D eigenvalue weighted by Crippen LogP contribution is -2.36. The Hall–Kier alpha value is -3.26. The van der Waals surface area contributed by atoms with Gasteiger partial charge in [-0.1, -0.05) is 12.8 Å². The summed E-state index contributed by atoms with van der Waals surface area (Å²) >= 11 is 0. The van der Waals surface area contributed by atoms with Crippen molar-refractivity contribution in [3.8, 4) is 17.1 Å². The number of halogens is 2. The van der Waals surface area contributed by atoms with Crippen LogP contribution in [0.3, 0.4) is 0 Å². The number of anilines is 2. The molecule has 2 aliphatic heterocycles. The van der Waals surface area contributed by atoms with Gasteiger partial charge in [0, 0.05) is 30.1 Å². The number of amides is 1. The quantitative estimate of drug-likeness (QED) is 0.550. The van der Waals surface area contributed by atoms with E-state index in [4.69, 9.17) is 0 Å². The number of carbonyl (C=O) groups is 1. The largest absolute Gasteiger partial charge is 0.381 e. The Morgan fingerprint density at radius 1 is 1.11 bits per heavy atom. The van der Waals surface area contributed by atoms with Gasteiger partial charge < -0.3 is 15.5 Å². The zero-order chi connectivity index (χ0) is 24.2. The van der Waals surface area contributed by atoms with Crippen molar-refractivity contribution in [1.29, 1.82) is 0 Å². The number of nitrogens with zero attached hydrogens (tertiary/aromatic N) is 3. The highest BCUT2D eigenvalue weighted by atomic mass is 19.1. The van der Waals surface area contributed by atoms with Gasteiger partial charge in [-0.05, 0) is 75.6 Å². The third-order valence-corrected chi connectivity index (χ3v) is 7.93. The van der Waals surface area contributed by atoms with E-state index in [1.54, 1.807) is 17.0 Å². The zero-order valence-electron chi connectivity index (χ0n) is 19.8. The van der Waals surface area contributed by atoms with Gasteiger partial charge in [-0.25, -0.2) is 13.8 Å². The first-order valence-electron chi connectivity index (χ1n) is 12.4. The Morgan fingerprint density at radius 2 is 1.89 bits per heavy atom. The molecule has 8 heteroatoms. The first-order chi connectivity index (χ1) is 16.9. The number of hydrogen-bond acceptors (Lipinski definition) is 4. The maximum atomic E-state index is 14.7. The van der Waals surface area contributed by atoms with Gasteiger partial charge in [-0.15, -0.1) is 0 Å². The molecule has 3 aliphatic rings. The molecule has 182 valence electrons. The van der Waals surface area contributed by atoms with E-state index in [0.29, 0.717) is 11.9 Å². The number of carbonyl (C=O) groups excluding carboxylic acids is 1. The lowest BCUT2D eigenvalue weighted by atomic mass is 9.79. The summed E-state index contributed by atoms with van der Waals surface area (Å²) in [6.45, 7) is 2.04. The number of benzene rings is 2. The van der Waals surface area contributed by atoms with E-state index in [1.807, 2.05) is 12.1 Å². The van der Waals surface area contributed by atoms with Crippen LogP contribution in [-0.2, 0) is 10.2 Å². The molecular weight excluding hydrogens is 448 g/mol. The van der Waals surface area contributed by atoms with Crippen molar-refractivity contribution in [2.24, 2.45) is 0 Å². The third-order valence-electron chi connectivity index (χ3n) is 7.93. The van der Waals surface area contributed by atoms with Crippen LogP contribution < -0.4 is 10.6 Å². The van der Waals surface area contributed by atoms with Crippen LogP contribution >= 0.6 is 0 Å². The zero-order valence-corrected chi connectivity index (χ0v) is 19.8. The first kappa shape index (κ1) is 22.2. The van der Waals surface area contributed by atoms with Crippen LogP contribution in [0.15, 0.2) is 42.7 Å². The molecule has 1 saturated heterocycles. The van der Waals surface area contributed by atoms with Crippen molar-refractivity contribution >= 4 is 17.3 Å². The summed E-state index contributed by atoms with van der Waals surface area (Å²) in [5.74, 6) is -0.652. The fraction of sp³-hybridized carbons (Fsp3) is 0.407. The fourth-order valence-corrected chi connectivity index (χ4v) is 5.99. The van der Waals surface area contributed by atoms with Gasteiger partial charge in [-0.2, -0.15) is 0 Å². The molecule has 2 aromatic carbocycles. The Balaban J connectivity index is 1.47. The van der Waals surface area contributed by atoms with Crippen molar-refractivity contribution in [3.05, 3.63) is 59.9 Å². The van der Waals surface area contributed by atoms with Gasteiger partial charge in [0.05, 0.1) is 22.5 Å². The maximum Gasteiger partial charge on any atom is 0.235 e. The van der Waals surface area contributed by atoms with Crippen LogP contribution in [0.5, 0.6) is 0 Å². The van der Waals surface area contributed by atoms with Crippen LogP contribution in [0.1, 0.15) is 44.1 Å². The fourth-order valence-electron chi connectivity index (χ4n) is 5.99. The molecule has 2 N–H and O–H groups in total. The molecule has 0 atom stereocenters. The molecule has 1 aromatic heterocycles. The highest BCUT2D eigenvalue weighted by molar-refractivity contribution is 6.10. The summed E-state index contributed by atoms with van der Waals surface area (Å²) in [6, 6.07) is 7.89. The Kier molecular flexibility index (Phi) is 5.36. The number of nitrogens with one attached hydrogen (secondary N) is 2. The molecule has 1 aliphatic carbocycles. The smallest absolute Gasteiger partial charge is 0.235 e. The molecule has 1 saturated carbocycles. The van der Waals surface area contributed by atoms with Gasteiger partial charge >= 0.3 is 0 Å². The number of rotatable bonds is 4. The second kappa shape index (κ2) is 8.45. The first-order valence-corrected chi connectivity index (χ1v) is 12.4. The normalized spacial score (nSPS) is 19.8. The second-order valence-electron chi connectivity index (χ2n) is 10.1. The molecule has 2 fully saturated rings. The Morgan fingerprint density at radius 3 is 2.63 bits per heavy atom. The van der Waals surface area contributed by atoms with Gasteiger partial charge in [0.2, 0.25) is 5.91 Å². The van der Waals surface area contributed by atoms with Crippen LogP contribution in [0, 0.1) is 11.6 Å². The summed E-state index contributed by atoms with van der Waals surface area (Å²) in [6.07, 6.45) is 9.01. The molecule has 6 nitrogen and oxygen atoms in total. The van der Waals surface area contributed by atoms with Gasteiger partial charge in [-0.3, -0.25) is 9.36 Å². The van der Waals surface area contributed by atoms with E-state index in [1.165, 1.54) is 12.1 Å². The van der Waals surface area contributed by atoms with Crippen LogP contribution in [-0.4, -0.2) is 46.5 Å². The minimum absolute atomic E-state index is 0.0708. The molecule has 0 radical (unpaired) electrons. The molecule has 6 rings (SSSR count). The topological polar surface area (TPSA) is 62.2 Å². The molecule has 0 bridgehead atoms. The Labute approximate surface area is 203 Å². The monoisotopic (exact) mass is 477 g/mol. The van der Waals surface area contributed by atoms with Gasteiger partial charge in [0.1, 0.15) is 17.5 Å². The maximum absolute atomic E-state index is 14.7. The van der Waals surface area contributed by atoms with Crippen molar-refractivity contribution in [1.82, 2.24) is 14.5 Å². The number of piperidine rings is 1. The van der Waals surface area contributed by atoms with E-state index in [-0.39, 0.29) is 11.6 Å². The average Bonchev–Trinajstić information content (AvgIpc) is 3.57. The van der Waals surface area contributed by atoms with Crippen molar-refractivity contribution in [2.45, 2.75) is 50.0 Å². The SMILES string of the molecule is CN1CCC(Nc2cc(-c3nccn3-c3ccc(F)cc3F)cc3c2NC(=O)C32CCCC2)CC1. The minimum Gasteiger partial charge on any atom is -0.381 e. The molecule has 3 heterocycles. The molecular formula is C27H29F2N5O. The molecule has 0 unspecified atom stereocenters. The van der Waals surface area contributed by atoms with Gasteiger partial charge in [0.15, 0.2) is 0 Å².